The maximum Gasteiger partial charge on any atom is 0.338 e. The highest BCUT2D eigenvalue weighted by Gasteiger charge is 2.18. The van der Waals surface area contributed by atoms with Crippen LogP contribution in [0.4, 0.5) is 4.39 Å². The Morgan fingerprint density at radius 2 is 1.70 bits per heavy atom. The molecule has 0 aromatic heterocycles. The number of hydrogen-bond donors (Lipinski definition) is 0. The Kier molecular flexibility index (Phi) is 5.12. The Labute approximate surface area is 134 Å². The number of carbonyl (C=O) groups excluding carboxylic acids is 1. The van der Waals surface area contributed by atoms with Crippen LogP contribution in [0.15, 0.2) is 53.4 Å². The van der Waals surface area contributed by atoms with Gasteiger partial charge in [0.05, 0.1) is 10.5 Å². The van der Waals surface area contributed by atoms with E-state index in [0.29, 0.717) is 0 Å². The maximum absolute atomic E-state index is 13.4. The molecule has 0 radical (unpaired) electrons. The number of rotatable bonds is 5. The molecule has 0 N–H and O–H groups in total. The maximum atomic E-state index is 13.4. The first kappa shape index (κ1) is 17.1. The lowest BCUT2D eigenvalue weighted by Gasteiger charge is -2.11. The van der Waals surface area contributed by atoms with Gasteiger partial charge in [-0.25, -0.2) is 21.9 Å². The van der Waals surface area contributed by atoms with Gasteiger partial charge < -0.3 is 4.74 Å². The van der Waals surface area contributed by atoms with Gasteiger partial charge in [-0.1, -0.05) is 18.2 Å². The highest BCUT2D eigenvalue weighted by Crippen LogP contribution is 2.15. The minimum absolute atomic E-state index is 0.0770. The number of sulfonamides is 1. The van der Waals surface area contributed by atoms with Crippen molar-refractivity contribution in [2.75, 3.05) is 14.1 Å². The van der Waals surface area contributed by atoms with Gasteiger partial charge in [-0.05, 0) is 30.3 Å². The van der Waals surface area contributed by atoms with Crippen LogP contribution in [0.3, 0.4) is 0 Å². The molecule has 0 spiro atoms. The average molecular weight is 337 g/mol. The summed E-state index contributed by atoms with van der Waals surface area (Å²) in [6.45, 7) is -0.191. The Morgan fingerprint density at radius 3 is 2.26 bits per heavy atom. The molecule has 0 saturated carbocycles. The van der Waals surface area contributed by atoms with Crippen LogP contribution in [-0.2, 0) is 21.4 Å². The molecule has 0 aliphatic heterocycles. The van der Waals surface area contributed by atoms with Crippen molar-refractivity contribution in [2.24, 2.45) is 0 Å². The zero-order valence-electron chi connectivity index (χ0n) is 12.7. The molecule has 0 unspecified atom stereocenters. The molecule has 7 heteroatoms. The monoisotopic (exact) mass is 337 g/mol. The molecule has 0 saturated heterocycles. The Balaban J connectivity index is 2.08. The number of benzene rings is 2. The summed E-state index contributed by atoms with van der Waals surface area (Å²) in [5.74, 6) is -1.10. The van der Waals surface area contributed by atoms with Gasteiger partial charge in [0.2, 0.25) is 10.0 Å². The summed E-state index contributed by atoms with van der Waals surface area (Å²) in [4.78, 5) is 12.0. The fourth-order valence-electron chi connectivity index (χ4n) is 1.82. The van der Waals surface area contributed by atoms with Gasteiger partial charge in [-0.15, -0.1) is 0 Å². The summed E-state index contributed by atoms with van der Waals surface area (Å²) in [5.41, 5.74) is 0.465. The van der Waals surface area contributed by atoms with Crippen molar-refractivity contribution in [1.82, 2.24) is 4.31 Å². The van der Waals surface area contributed by atoms with E-state index < -0.39 is 21.8 Å². The molecule has 2 aromatic carbocycles. The molecule has 0 amide bonds. The Bertz CT molecular complexity index is 801. The summed E-state index contributed by atoms with van der Waals surface area (Å²) in [7, 11) is -0.704. The zero-order chi connectivity index (χ0) is 17.0. The van der Waals surface area contributed by atoms with Crippen LogP contribution in [-0.4, -0.2) is 32.8 Å². The normalized spacial score (nSPS) is 11.5. The van der Waals surface area contributed by atoms with Crippen molar-refractivity contribution >= 4 is 16.0 Å². The lowest BCUT2D eigenvalue weighted by atomic mass is 10.2. The quantitative estimate of drug-likeness (QED) is 0.786. The SMILES string of the molecule is CN(C)S(=O)(=O)c1ccc(C(=O)OCc2ccccc2F)cc1. The summed E-state index contributed by atoms with van der Waals surface area (Å²) in [5, 5.41) is 0. The third-order valence-corrected chi connectivity index (χ3v) is 5.01. The molecule has 122 valence electrons. The van der Waals surface area contributed by atoms with Crippen molar-refractivity contribution in [3.63, 3.8) is 0 Å². The number of ether oxygens (including phenoxy) is 1. The fraction of sp³-hybridized carbons (Fsp3) is 0.188. The first-order valence-electron chi connectivity index (χ1n) is 6.75. The van der Waals surface area contributed by atoms with Crippen LogP contribution in [0.2, 0.25) is 0 Å². The van der Waals surface area contributed by atoms with E-state index in [2.05, 4.69) is 0 Å². The van der Waals surface area contributed by atoms with Crippen LogP contribution in [0.5, 0.6) is 0 Å². The van der Waals surface area contributed by atoms with Gasteiger partial charge in [-0.3, -0.25) is 0 Å². The van der Waals surface area contributed by atoms with E-state index in [0.717, 1.165) is 4.31 Å². The van der Waals surface area contributed by atoms with Gasteiger partial charge in [0.15, 0.2) is 0 Å². The lowest BCUT2D eigenvalue weighted by molar-refractivity contribution is 0.0469. The molecule has 0 atom stereocenters. The first-order valence-corrected chi connectivity index (χ1v) is 8.19. The molecular weight excluding hydrogens is 321 g/mol. The summed E-state index contributed by atoms with van der Waals surface area (Å²) >= 11 is 0. The van der Waals surface area contributed by atoms with E-state index in [4.69, 9.17) is 4.74 Å². The van der Waals surface area contributed by atoms with Crippen molar-refractivity contribution in [2.45, 2.75) is 11.5 Å². The second-order valence-corrected chi connectivity index (χ2v) is 7.13. The van der Waals surface area contributed by atoms with Crippen molar-refractivity contribution in [3.8, 4) is 0 Å². The van der Waals surface area contributed by atoms with Crippen LogP contribution in [0.25, 0.3) is 0 Å². The number of esters is 1. The second kappa shape index (κ2) is 6.89. The Hall–Kier alpha value is -2.25. The molecule has 2 aromatic rings. The van der Waals surface area contributed by atoms with Crippen LogP contribution >= 0.6 is 0 Å². The molecule has 0 fully saturated rings. The number of halogens is 1. The highest BCUT2D eigenvalue weighted by molar-refractivity contribution is 7.89. The van der Waals surface area contributed by atoms with Gasteiger partial charge in [0.1, 0.15) is 12.4 Å². The van der Waals surface area contributed by atoms with Crippen LogP contribution < -0.4 is 0 Å². The molecule has 0 aliphatic carbocycles. The molecule has 5 nitrogen and oxygen atoms in total. The smallest absolute Gasteiger partial charge is 0.338 e. The summed E-state index contributed by atoms with van der Waals surface area (Å²) in [6, 6.07) is 11.4. The van der Waals surface area contributed by atoms with Crippen molar-refractivity contribution in [1.29, 1.82) is 0 Å². The Morgan fingerprint density at radius 1 is 1.09 bits per heavy atom. The van der Waals surface area contributed by atoms with E-state index >= 15 is 0 Å². The minimum atomic E-state index is -3.55. The van der Waals surface area contributed by atoms with Gasteiger partial charge >= 0.3 is 5.97 Å². The van der Waals surface area contributed by atoms with Crippen LogP contribution in [0.1, 0.15) is 15.9 Å². The number of nitrogens with zero attached hydrogens (tertiary/aromatic N) is 1. The number of hydrogen-bond acceptors (Lipinski definition) is 4. The van der Waals surface area contributed by atoms with Gasteiger partial charge in [0.25, 0.3) is 0 Å². The zero-order valence-corrected chi connectivity index (χ0v) is 13.5. The summed E-state index contributed by atoms with van der Waals surface area (Å²) < 4.78 is 43.4. The molecule has 2 rings (SSSR count). The predicted molar refractivity (Wildman–Crippen MR) is 82.8 cm³/mol. The van der Waals surface area contributed by atoms with Gasteiger partial charge in [-0.2, -0.15) is 0 Å². The second-order valence-electron chi connectivity index (χ2n) is 4.98. The van der Waals surface area contributed by atoms with E-state index in [-0.39, 0.29) is 22.6 Å². The largest absolute Gasteiger partial charge is 0.457 e. The fourth-order valence-corrected chi connectivity index (χ4v) is 2.72. The first-order chi connectivity index (χ1) is 10.8. The van der Waals surface area contributed by atoms with E-state index in [9.17, 15) is 17.6 Å². The third kappa shape index (κ3) is 3.94. The van der Waals surface area contributed by atoms with E-state index in [1.807, 2.05) is 0 Å². The summed E-state index contributed by atoms with van der Waals surface area (Å²) in [6.07, 6.45) is 0. The van der Waals surface area contributed by atoms with E-state index in [1.54, 1.807) is 12.1 Å². The third-order valence-electron chi connectivity index (χ3n) is 3.19. The number of carbonyl (C=O) groups is 1. The predicted octanol–water partition coefficient (Wildman–Crippen LogP) is 2.43. The topological polar surface area (TPSA) is 63.7 Å². The highest BCUT2D eigenvalue weighted by atomic mass is 32.2. The lowest BCUT2D eigenvalue weighted by Crippen LogP contribution is -2.22. The molecular formula is C16H16FNO4S. The van der Waals surface area contributed by atoms with E-state index in [1.165, 1.54) is 50.5 Å². The molecule has 0 aliphatic rings. The molecule has 0 bridgehead atoms. The van der Waals surface area contributed by atoms with Crippen LogP contribution in [0, 0.1) is 5.82 Å². The standard InChI is InChI=1S/C16H16FNO4S/c1-18(2)23(20,21)14-9-7-12(8-10-14)16(19)22-11-13-5-3-4-6-15(13)17/h3-10H,11H2,1-2H3. The minimum Gasteiger partial charge on any atom is -0.457 e. The molecule has 23 heavy (non-hydrogen) atoms. The molecule has 0 heterocycles. The van der Waals surface area contributed by atoms with Gasteiger partial charge in [0, 0.05) is 19.7 Å². The van der Waals surface area contributed by atoms with Crippen molar-refractivity contribution < 1.29 is 22.3 Å². The average Bonchev–Trinajstić information content (AvgIpc) is 2.53. The van der Waals surface area contributed by atoms with Crippen molar-refractivity contribution in [3.05, 3.63) is 65.5 Å².